The fourth-order valence-corrected chi connectivity index (χ4v) is 3.89. The van der Waals surface area contributed by atoms with E-state index < -0.39 is 0 Å². The summed E-state index contributed by atoms with van der Waals surface area (Å²) in [7, 11) is 0. The largest absolute Gasteiger partial charge is 0.375 e. The first kappa shape index (κ1) is 16.3. The van der Waals surface area contributed by atoms with Crippen LogP contribution in [0.1, 0.15) is 19.8 Å². The zero-order valence-electron chi connectivity index (χ0n) is 13.4. The minimum absolute atomic E-state index is 0.0786. The van der Waals surface area contributed by atoms with Crippen LogP contribution in [0.4, 0.5) is 5.69 Å². The third-order valence-corrected chi connectivity index (χ3v) is 5.35. The third kappa shape index (κ3) is 3.70. The van der Waals surface area contributed by atoms with Crippen LogP contribution < -0.4 is 4.90 Å². The second-order valence-electron chi connectivity index (χ2n) is 5.79. The number of carbonyl (C=O) groups excluding carboxylic acids is 2. The first-order chi connectivity index (χ1) is 11.2. The highest BCUT2D eigenvalue weighted by Gasteiger charge is 2.27. The van der Waals surface area contributed by atoms with Gasteiger partial charge in [-0.05, 0) is 18.6 Å². The van der Waals surface area contributed by atoms with Crippen LogP contribution in [0.15, 0.2) is 29.2 Å². The predicted molar refractivity (Wildman–Crippen MR) is 90.7 cm³/mol. The van der Waals surface area contributed by atoms with Gasteiger partial charge in [-0.2, -0.15) is 0 Å². The number of amides is 2. The first-order valence-corrected chi connectivity index (χ1v) is 9.09. The molecule has 6 heteroatoms. The van der Waals surface area contributed by atoms with Gasteiger partial charge in [0.2, 0.25) is 11.8 Å². The van der Waals surface area contributed by atoms with E-state index in [0.717, 1.165) is 17.0 Å². The number of anilines is 1. The lowest BCUT2D eigenvalue weighted by molar-refractivity contribution is -0.138. The van der Waals surface area contributed by atoms with Gasteiger partial charge in [-0.1, -0.05) is 19.1 Å². The number of benzene rings is 1. The molecule has 2 heterocycles. The highest BCUT2D eigenvalue weighted by molar-refractivity contribution is 8.00. The predicted octanol–water partition coefficient (Wildman–Crippen LogP) is 2.15. The van der Waals surface area contributed by atoms with Crippen molar-refractivity contribution in [2.45, 2.75) is 30.8 Å². The monoisotopic (exact) mass is 334 g/mol. The van der Waals surface area contributed by atoms with Gasteiger partial charge in [0.15, 0.2) is 0 Å². The number of hydrogen-bond acceptors (Lipinski definition) is 4. The molecule has 1 aromatic carbocycles. The fourth-order valence-electron chi connectivity index (χ4n) is 2.96. The summed E-state index contributed by atoms with van der Waals surface area (Å²) >= 11 is 1.56. The SMILES string of the molecule is CCC1CN(C(=O)CCN2C(=O)CSc3ccccc32)CCO1. The lowest BCUT2D eigenvalue weighted by Gasteiger charge is -2.34. The van der Waals surface area contributed by atoms with E-state index in [4.69, 9.17) is 4.74 Å². The normalized spacial score (nSPS) is 21.3. The van der Waals surface area contributed by atoms with Crippen LogP contribution in [0.3, 0.4) is 0 Å². The molecule has 1 fully saturated rings. The minimum atomic E-state index is 0.0786. The molecule has 2 aliphatic heterocycles. The molecular weight excluding hydrogens is 312 g/mol. The topological polar surface area (TPSA) is 49.9 Å². The number of rotatable bonds is 4. The van der Waals surface area contributed by atoms with E-state index >= 15 is 0 Å². The average Bonchev–Trinajstić information content (AvgIpc) is 2.60. The van der Waals surface area contributed by atoms with E-state index in [-0.39, 0.29) is 17.9 Å². The van der Waals surface area contributed by atoms with Gasteiger partial charge in [-0.3, -0.25) is 9.59 Å². The Morgan fingerprint density at radius 3 is 3.04 bits per heavy atom. The van der Waals surface area contributed by atoms with Crippen molar-refractivity contribution >= 4 is 29.3 Å². The van der Waals surface area contributed by atoms with E-state index in [1.165, 1.54) is 0 Å². The highest BCUT2D eigenvalue weighted by atomic mass is 32.2. The number of thioether (sulfide) groups is 1. The van der Waals surface area contributed by atoms with Gasteiger partial charge in [0.05, 0.1) is 24.2 Å². The first-order valence-electron chi connectivity index (χ1n) is 8.10. The summed E-state index contributed by atoms with van der Waals surface area (Å²) < 4.78 is 5.60. The fraction of sp³-hybridized carbons (Fsp3) is 0.529. The number of nitrogens with zero attached hydrogens (tertiary/aromatic N) is 2. The molecular formula is C17H22N2O3S. The Balaban J connectivity index is 1.61. The molecule has 3 rings (SSSR count). The Kier molecular flexibility index (Phi) is 5.23. The summed E-state index contributed by atoms with van der Waals surface area (Å²) in [5, 5.41) is 0. The van der Waals surface area contributed by atoms with E-state index in [1.54, 1.807) is 16.7 Å². The number of ether oxygens (including phenoxy) is 1. The molecule has 1 unspecified atom stereocenters. The summed E-state index contributed by atoms with van der Waals surface area (Å²) in [4.78, 5) is 29.4. The van der Waals surface area contributed by atoms with E-state index in [2.05, 4.69) is 6.92 Å². The van der Waals surface area contributed by atoms with Crippen molar-refractivity contribution in [2.75, 3.05) is 36.9 Å². The van der Waals surface area contributed by atoms with Gasteiger partial charge < -0.3 is 14.5 Å². The maximum absolute atomic E-state index is 12.4. The Morgan fingerprint density at radius 1 is 1.39 bits per heavy atom. The molecule has 1 atom stereocenters. The summed E-state index contributed by atoms with van der Waals surface area (Å²) in [6.45, 7) is 4.43. The molecule has 0 aromatic heterocycles. The van der Waals surface area contributed by atoms with Crippen LogP contribution in [-0.2, 0) is 14.3 Å². The van der Waals surface area contributed by atoms with Gasteiger partial charge in [0, 0.05) is 31.0 Å². The molecule has 124 valence electrons. The third-order valence-electron chi connectivity index (χ3n) is 4.30. The lowest BCUT2D eigenvalue weighted by atomic mass is 10.2. The summed E-state index contributed by atoms with van der Waals surface area (Å²) in [6, 6.07) is 7.88. The summed E-state index contributed by atoms with van der Waals surface area (Å²) in [6.07, 6.45) is 1.42. The second-order valence-corrected chi connectivity index (χ2v) is 6.81. The molecule has 2 aliphatic rings. The van der Waals surface area contributed by atoms with Gasteiger partial charge in [0.1, 0.15) is 0 Å². The number of morpholine rings is 1. The minimum Gasteiger partial charge on any atom is -0.375 e. The van der Waals surface area contributed by atoms with Crippen LogP contribution in [0.2, 0.25) is 0 Å². The molecule has 23 heavy (non-hydrogen) atoms. The Labute approximate surface area is 141 Å². The molecule has 0 radical (unpaired) electrons. The summed E-state index contributed by atoms with van der Waals surface area (Å²) in [5.41, 5.74) is 0.926. The molecule has 2 amide bonds. The number of carbonyl (C=O) groups is 2. The van der Waals surface area contributed by atoms with Crippen molar-refractivity contribution in [3.63, 3.8) is 0 Å². The molecule has 5 nitrogen and oxygen atoms in total. The number of hydrogen-bond donors (Lipinski definition) is 0. The highest BCUT2D eigenvalue weighted by Crippen LogP contribution is 2.34. The Bertz CT molecular complexity index is 593. The van der Waals surface area contributed by atoms with Gasteiger partial charge in [0.25, 0.3) is 0 Å². The van der Waals surface area contributed by atoms with Crippen molar-refractivity contribution in [3.05, 3.63) is 24.3 Å². The van der Waals surface area contributed by atoms with E-state index in [1.807, 2.05) is 29.2 Å². The molecule has 0 saturated carbocycles. The number of para-hydroxylation sites is 1. The van der Waals surface area contributed by atoms with Crippen LogP contribution >= 0.6 is 11.8 Å². The van der Waals surface area contributed by atoms with Crippen LogP contribution in [-0.4, -0.2) is 54.8 Å². The number of fused-ring (bicyclic) bond motifs is 1. The lowest BCUT2D eigenvalue weighted by Crippen LogP contribution is -2.46. The van der Waals surface area contributed by atoms with Crippen molar-refractivity contribution < 1.29 is 14.3 Å². The smallest absolute Gasteiger partial charge is 0.237 e. The van der Waals surface area contributed by atoms with Gasteiger partial charge >= 0.3 is 0 Å². The van der Waals surface area contributed by atoms with E-state index in [9.17, 15) is 9.59 Å². The van der Waals surface area contributed by atoms with Crippen LogP contribution in [0.25, 0.3) is 0 Å². The van der Waals surface area contributed by atoms with Crippen molar-refractivity contribution in [1.29, 1.82) is 0 Å². The maximum atomic E-state index is 12.4. The zero-order valence-corrected chi connectivity index (χ0v) is 14.2. The second kappa shape index (κ2) is 7.36. The molecule has 1 aromatic rings. The van der Waals surface area contributed by atoms with Gasteiger partial charge in [-0.25, -0.2) is 0 Å². The Hall–Kier alpha value is -1.53. The molecule has 0 bridgehead atoms. The molecule has 0 N–H and O–H groups in total. The van der Waals surface area contributed by atoms with Gasteiger partial charge in [-0.15, -0.1) is 11.8 Å². The maximum Gasteiger partial charge on any atom is 0.237 e. The zero-order chi connectivity index (χ0) is 16.2. The standard InChI is InChI=1S/C17H22N2O3S/c1-2-13-11-18(9-10-22-13)16(20)7-8-19-14-5-3-4-6-15(14)23-12-17(19)21/h3-6,13H,2,7-12H2,1H3. The van der Waals surface area contributed by atoms with Crippen molar-refractivity contribution in [1.82, 2.24) is 4.90 Å². The molecule has 0 spiro atoms. The Morgan fingerprint density at radius 2 is 2.22 bits per heavy atom. The molecule has 1 saturated heterocycles. The van der Waals surface area contributed by atoms with Crippen LogP contribution in [0, 0.1) is 0 Å². The average molecular weight is 334 g/mol. The summed E-state index contributed by atoms with van der Waals surface area (Å²) in [5.74, 6) is 0.630. The van der Waals surface area contributed by atoms with Crippen molar-refractivity contribution in [2.24, 2.45) is 0 Å². The van der Waals surface area contributed by atoms with Crippen molar-refractivity contribution in [3.8, 4) is 0 Å². The quantitative estimate of drug-likeness (QED) is 0.847. The molecule has 0 aliphatic carbocycles. The van der Waals surface area contributed by atoms with Crippen LogP contribution in [0.5, 0.6) is 0 Å². The van der Waals surface area contributed by atoms with E-state index in [0.29, 0.717) is 38.4 Å².